The molecule has 0 fully saturated rings. The number of H-pyrrole nitrogens is 1. The molecule has 0 amide bonds. The number of nitrogens with zero attached hydrogens (tertiary/aromatic N) is 4. The highest BCUT2D eigenvalue weighted by molar-refractivity contribution is 6.50. The Bertz CT molecular complexity index is 1760. The minimum Gasteiger partial charge on any atom is -0.488 e. The maximum absolute atomic E-state index is 12.7. The number of para-hydroxylation sites is 1. The van der Waals surface area contributed by atoms with Gasteiger partial charge < -0.3 is 25.0 Å². The molecule has 6 rings (SSSR count). The van der Waals surface area contributed by atoms with Gasteiger partial charge in [-0.2, -0.15) is 0 Å². The van der Waals surface area contributed by atoms with Crippen molar-refractivity contribution >= 4 is 39.2 Å². The molecule has 0 saturated heterocycles. The summed E-state index contributed by atoms with van der Waals surface area (Å²) in [6.07, 6.45) is 5.23. The van der Waals surface area contributed by atoms with Crippen LogP contribution in [0, 0.1) is 0 Å². The van der Waals surface area contributed by atoms with Gasteiger partial charge in [-0.3, -0.25) is 9.78 Å². The number of nitrogens with one attached hydrogen (secondary N) is 2. The number of halogens is 1. The summed E-state index contributed by atoms with van der Waals surface area (Å²) in [7, 11) is 0. The van der Waals surface area contributed by atoms with Gasteiger partial charge in [0, 0.05) is 35.9 Å². The van der Waals surface area contributed by atoms with Gasteiger partial charge in [-0.15, -0.1) is 0 Å². The predicted octanol–water partition coefficient (Wildman–Crippen LogP) is 5.21. The highest BCUT2D eigenvalue weighted by atomic mass is 35.5. The predicted molar refractivity (Wildman–Crippen MR) is 155 cm³/mol. The first-order valence-corrected chi connectivity index (χ1v) is 13.1. The second kappa shape index (κ2) is 10.8. The van der Waals surface area contributed by atoms with E-state index in [1.807, 2.05) is 67.6 Å². The van der Waals surface area contributed by atoms with E-state index in [1.165, 1.54) is 12.4 Å². The van der Waals surface area contributed by atoms with Crippen molar-refractivity contribution in [1.82, 2.24) is 19.9 Å². The molecule has 2 aromatic carbocycles. The molecule has 1 aliphatic heterocycles. The smallest absolute Gasteiger partial charge is 0.194 e. The lowest BCUT2D eigenvalue weighted by Gasteiger charge is -2.40. The van der Waals surface area contributed by atoms with Crippen molar-refractivity contribution in [2.45, 2.75) is 25.8 Å². The average Bonchev–Trinajstić information content (AvgIpc) is 2.98. The van der Waals surface area contributed by atoms with Crippen molar-refractivity contribution in [1.29, 1.82) is 0 Å². The topological polar surface area (TPSA) is 116 Å². The number of aliphatic hydroxyl groups is 1. The molecule has 3 aromatic heterocycles. The van der Waals surface area contributed by atoms with Crippen LogP contribution < -0.4 is 20.4 Å². The molecule has 3 N–H and O–H groups in total. The fraction of sp³-hybridized carbons (Fsp3) is 0.133. The number of aromatic amines is 1. The summed E-state index contributed by atoms with van der Waals surface area (Å²) in [5.41, 5.74) is 3.71. The third kappa shape index (κ3) is 4.66. The molecule has 0 aliphatic carbocycles. The second-order valence-electron chi connectivity index (χ2n) is 9.29. The van der Waals surface area contributed by atoms with Gasteiger partial charge in [0.05, 0.1) is 22.3 Å². The van der Waals surface area contributed by atoms with E-state index >= 15 is 0 Å². The summed E-state index contributed by atoms with van der Waals surface area (Å²) in [6, 6.07) is 19.7. The number of hydrogen-bond acceptors (Lipinski definition) is 8. The first-order chi connectivity index (χ1) is 19.5. The number of fused-ring (bicyclic) bond motifs is 2. The molecule has 10 heteroatoms. The molecule has 40 heavy (non-hydrogen) atoms. The van der Waals surface area contributed by atoms with Crippen LogP contribution in [0.2, 0.25) is 0 Å². The molecule has 9 nitrogen and oxygen atoms in total. The molecule has 0 unspecified atom stereocenters. The Hall–Kier alpha value is -4.73. The standard InChI is InChI=1S/C30H25ClN6O3/c1-18(36-29-25-22(38)12-15-33-28(25)34-17-35-29)27-26(31)21-8-5-9-23(40-16-19-10-13-32-14-11-19)24(21)30(39)37(27)20-6-3-2-4-7-20/h2-15,17-18,30,39H,16H2,1H3,(H2,33,34,35,36,38)/t18-,30-/m0/s1. The molecule has 0 saturated carbocycles. The number of anilines is 2. The van der Waals surface area contributed by atoms with Crippen LogP contribution in [0.5, 0.6) is 5.75 Å². The van der Waals surface area contributed by atoms with E-state index in [9.17, 15) is 9.90 Å². The fourth-order valence-corrected chi connectivity index (χ4v) is 5.35. The third-order valence-electron chi connectivity index (χ3n) is 6.78. The SMILES string of the molecule is C[C@H](Nc1ncnc2[nH]ccc(=O)c12)C1=C(Cl)c2cccc(OCc3ccncc3)c2[C@H](O)N1c1ccccc1. The van der Waals surface area contributed by atoms with E-state index in [0.717, 1.165) is 11.3 Å². The Kier molecular flexibility index (Phi) is 6.90. The highest BCUT2D eigenvalue weighted by Gasteiger charge is 2.37. The maximum Gasteiger partial charge on any atom is 0.194 e. The number of benzene rings is 2. The zero-order valence-corrected chi connectivity index (χ0v) is 22.2. The minimum atomic E-state index is -1.11. The van der Waals surface area contributed by atoms with Crippen LogP contribution in [0.4, 0.5) is 11.5 Å². The summed E-state index contributed by atoms with van der Waals surface area (Å²) in [5.74, 6) is 0.882. The van der Waals surface area contributed by atoms with Crippen LogP contribution in [-0.4, -0.2) is 31.1 Å². The van der Waals surface area contributed by atoms with Gasteiger partial charge >= 0.3 is 0 Å². The van der Waals surface area contributed by atoms with Crippen molar-refractivity contribution in [3.63, 3.8) is 0 Å². The van der Waals surface area contributed by atoms with Crippen molar-refractivity contribution in [3.05, 3.63) is 124 Å². The average molecular weight is 553 g/mol. The fourth-order valence-electron chi connectivity index (χ4n) is 4.93. The van der Waals surface area contributed by atoms with E-state index in [-0.39, 0.29) is 5.43 Å². The van der Waals surface area contributed by atoms with Gasteiger partial charge in [0.2, 0.25) is 0 Å². The molecular formula is C30H25ClN6O3. The van der Waals surface area contributed by atoms with Gasteiger partial charge in [-0.05, 0) is 42.8 Å². The number of pyridine rings is 2. The number of aliphatic hydroxyl groups excluding tert-OH is 1. The molecule has 5 aromatic rings. The Morgan fingerprint density at radius 2 is 1.88 bits per heavy atom. The van der Waals surface area contributed by atoms with Crippen LogP contribution in [0.3, 0.4) is 0 Å². The lowest BCUT2D eigenvalue weighted by atomic mass is 9.95. The lowest BCUT2D eigenvalue weighted by Crippen LogP contribution is -2.39. The van der Waals surface area contributed by atoms with Crippen LogP contribution in [0.15, 0.2) is 102 Å². The second-order valence-corrected chi connectivity index (χ2v) is 9.67. The Morgan fingerprint density at radius 1 is 1.07 bits per heavy atom. The number of ether oxygens (including phenoxy) is 1. The van der Waals surface area contributed by atoms with E-state index < -0.39 is 12.3 Å². The lowest BCUT2D eigenvalue weighted by molar-refractivity contribution is 0.169. The van der Waals surface area contributed by atoms with Crippen molar-refractivity contribution in [3.8, 4) is 5.75 Å². The number of hydrogen-bond donors (Lipinski definition) is 3. The van der Waals surface area contributed by atoms with E-state index in [2.05, 4.69) is 25.3 Å². The van der Waals surface area contributed by atoms with Crippen LogP contribution >= 0.6 is 11.6 Å². The largest absolute Gasteiger partial charge is 0.488 e. The molecular weight excluding hydrogens is 528 g/mol. The Morgan fingerprint density at radius 3 is 2.67 bits per heavy atom. The quantitative estimate of drug-likeness (QED) is 0.252. The van der Waals surface area contributed by atoms with E-state index in [4.69, 9.17) is 16.3 Å². The van der Waals surface area contributed by atoms with Gasteiger partial charge in [-0.25, -0.2) is 9.97 Å². The van der Waals surface area contributed by atoms with Crippen molar-refractivity contribution in [2.75, 3.05) is 10.2 Å². The first kappa shape index (κ1) is 25.5. The monoisotopic (exact) mass is 552 g/mol. The minimum absolute atomic E-state index is 0.214. The molecule has 0 radical (unpaired) electrons. The zero-order valence-electron chi connectivity index (χ0n) is 21.5. The maximum atomic E-state index is 12.7. The zero-order chi connectivity index (χ0) is 27.6. The molecule has 4 heterocycles. The summed E-state index contributed by atoms with van der Waals surface area (Å²) >= 11 is 7.15. The summed E-state index contributed by atoms with van der Waals surface area (Å²) in [6.45, 7) is 2.21. The number of aromatic nitrogens is 4. The summed E-state index contributed by atoms with van der Waals surface area (Å²) in [4.78, 5) is 30.0. The van der Waals surface area contributed by atoms with Gasteiger partial charge in [0.15, 0.2) is 11.7 Å². The van der Waals surface area contributed by atoms with Crippen molar-refractivity contribution in [2.24, 2.45) is 0 Å². The van der Waals surface area contributed by atoms with Gasteiger partial charge in [0.1, 0.15) is 35.5 Å². The Balaban J connectivity index is 1.45. The number of rotatable bonds is 7. The molecule has 0 bridgehead atoms. The third-order valence-corrected chi connectivity index (χ3v) is 7.18. The van der Waals surface area contributed by atoms with Crippen molar-refractivity contribution < 1.29 is 9.84 Å². The van der Waals surface area contributed by atoms with E-state index in [1.54, 1.807) is 23.5 Å². The normalized spacial score (nSPS) is 15.6. The van der Waals surface area contributed by atoms with Crippen LogP contribution in [0.25, 0.3) is 16.1 Å². The molecule has 0 spiro atoms. The highest BCUT2D eigenvalue weighted by Crippen LogP contribution is 2.47. The van der Waals surface area contributed by atoms with Crippen LogP contribution in [0.1, 0.15) is 29.8 Å². The van der Waals surface area contributed by atoms with E-state index in [0.29, 0.717) is 51.1 Å². The Labute approximate surface area is 234 Å². The summed E-state index contributed by atoms with van der Waals surface area (Å²) < 4.78 is 6.18. The molecule has 200 valence electrons. The van der Waals surface area contributed by atoms with Gasteiger partial charge in [-0.1, -0.05) is 41.9 Å². The molecule has 1 aliphatic rings. The van der Waals surface area contributed by atoms with Crippen LogP contribution in [-0.2, 0) is 6.61 Å². The first-order valence-electron chi connectivity index (χ1n) is 12.7. The van der Waals surface area contributed by atoms with Gasteiger partial charge in [0.25, 0.3) is 0 Å². The summed E-state index contributed by atoms with van der Waals surface area (Å²) in [5, 5.41) is 16.0. The molecule has 2 atom stereocenters.